The highest BCUT2D eigenvalue weighted by Gasteiger charge is 2.19. The minimum absolute atomic E-state index is 0.362. The average Bonchev–Trinajstić information content (AvgIpc) is 2.82. The first-order chi connectivity index (χ1) is 7.24. The normalized spacial score (nSPS) is 16.0. The minimum Gasteiger partial charge on any atom is -0.355 e. The van der Waals surface area contributed by atoms with E-state index in [4.69, 9.17) is 0 Å². The molecule has 1 saturated heterocycles. The van der Waals surface area contributed by atoms with Crippen LogP contribution in [0.2, 0.25) is 0 Å². The standard InChI is InChI=1S/C11H17N3O/c1-9-10(2)14(7-8-15)12-11(9)13-5-3-4-6-13/h8H,3-7H2,1-2H3. The maximum atomic E-state index is 10.5. The van der Waals surface area contributed by atoms with Gasteiger partial charge in [-0.3, -0.25) is 4.68 Å². The van der Waals surface area contributed by atoms with Gasteiger partial charge in [0.1, 0.15) is 6.29 Å². The van der Waals surface area contributed by atoms with Crippen LogP contribution in [0.25, 0.3) is 0 Å². The summed E-state index contributed by atoms with van der Waals surface area (Å²) in [5.41, 5.74) is 2.31. The lowest BCUT2D eigenvalue weighted by Crippen LogP contribution is -2.19. The lowest BCUT2D eigenvalue weighted by Gasteiger charge is -2.14. The molecular weight excluding hydrogens is 190 g/mol. The molecule has 0 spiro atoms. The molecule has 82 valence electrons. The lowest BCUT2D eigenvalue weighted by atomic mass is 10.2. The Hall–Kier alpha value is -1.32. The highest BCUT2D eigenvalue weighted by molar-refractivity contribution is 5.53. The monoisotopic (exact) mass is 207 g/mol. The number of aldehydes is 1. The van der Waals surface area contributed by atoms with Crippen molar-refractivity contribution >= 4 is 12.1 Å². The SMILES string of the molecule is Cc1c(N2CCCC2)nn(CC=O)c1C. The van der Waals surface area contributed by atoms with E-state index in [0.717, 1.165) is 30.9 Å². The highest BCUT2D eigenvalue weighted by atomic mass is 16.1. The Labute approximate surface area is 89.9 Å². The van der Waals surface area contributed by atoms with Crippen LogP contribution in [0, 0.1) is 13.8 Å². The third-order valence-electron chi connectivity index (χ3n) is 3.13. The minimum atomic E-state index is 0.362. The van der Waals surface area contributed by atoms with Crippen molar-refractivity contribution in [3.05, 3.63) is 11.3 Å². The largest absolute Gasteiger partial charge is 0.355 e. The first kappa shape index (κ1) is 10.2. The predicted octanol–water partition coefficient (Wildman–Crippen LogP) is 1.30. The van der Waals surface area contributed by atoms with Crippen LogP contribution in [0.1, 0.15) is 24.1 Å². The molecule has 1 aliphatic rings. The van der Waals surface area contributed by atoms with Crippen molar-refractivity contribution in [2.75, 3.05) is 18.0 Å². The van der Waals surface area contributed by atoms with Gasteiger partial charge in [-0.25, -0.2) is 0 Å². The third kappa shape index (κ3) is 1.76. The van der Waals surface area contributed by atoms with Crippen molar-refractivity contribution in [3.63, 3.8) is 0 Å². The van der Waals surface area contributed by atoms with Gasteiger partial charge in [-0.1, -0.05) is 0 Å². The lowest BCUT2D eigenvalue weighted by molar-refractivity contribution is -0.108. The fraction of sp³-hybridized carbons (Fsp3) is 0.636. The van der Waals surface area contributed by atoms with Crippen LogP contribution >= 0.6 is 0 Å². The molecule has 4 heteroatoms. The molecule has 4 nitrogen and oxygen atoms in total. The molecule has 1 fully saturated rings. The van der Waals surface area contributed by atoms with Crippen molar-refractivity contribution in [2.45, 2.75) is 33.2 Å². The third-order valence-corrected chi connectivity index (χ3v) is 3.13. The summed E-state index contributed by atoms with van der Waals surface area (Å²) in [5, 5.41) is 4.49. The second kappa shape index (κ2) is 4.04. The first-order valence-corrected chi connectivity index (χ1v) is 5.46. The molecule has 1 aromatic heterocycles. The van der Waals surface area contributed by atoms with Gasteiger partial charge in [0.2, 0.25) is 0 Å². The molecule has 2 rings (SSSR count). The Morgan fingerprint density at radius 3 is 2.60 bits per heavy atom. The van der Waals surface area contributed by atoms with Crippen LogP contribution in [0.5, 0.6) is 0 Å². The second-order valence-electron chi connectivity index (χ2n) is 4.08. The summed E-state index contributed by atoms with van der Waals surface area (Å²) >= 11 is 0. The molecule has 0 amide bonds. The average molecular weight is 207 g/mol. The number of hydrogen-bond acceptors (Lipinski definition) is 3. The molecule has 0 N–H and O–H groups in total. The van der Waals surface area contributed by atoms with Gasteiger partial charge < -0.3 is 9.69 Å². The number of anilines is 1. The number of nitrogens with zero attached hydrogens (tertiary/aromatic N) is 3. The molecule has 2 heterocycles. The number of aromatic nitrogens is 2. The molecule has 0 saturated carbocycles. The van der Waals surface area contributed by atoms with E-state index in [-0.39, 0.29) is 0 Å². The zero-order valence-corrected chi connectivity index (χ0v) is 9.36. The van der Waals surface area contributed by atoms with Crippen LogP contribution in [0.15, 0.2) is 0 Å². The van der Waals surface area contributed by atoms with Crippen molar-refractivity contribution in [2.24, 2.45) is 0 Å². The zero-order chi connectivity index (χ0) is 10.8. The summed E-state index contributed by atoms with van der Waals surface area (Å²) in [6.07, 6.45) is 3.39. The van der Waals surface area contributed by atoms with E-state index in [1.54, 1.807) is 4.68 Å². The number of carbonyl (C=O) groups is 1. The number of carbonyl (C=O) groups excluding carboxylic acids is 1. The van der Waals surface area contributed by atoms with Gasteiger partial charge in [0.15, 0.2) is 5.82 Å². The Bertz CT molecular complexity index is 364. The molecule has 0 bridgehead atoms. The quantitative estimate of drug-likeness (QED) is 0.701. The van der Waals surface area contributed by atoms with E-state index in [1.165, 1.54) is 18.4 Å². The van der Waals surface area contributed by atoms with Gasteiger partial charge >= 0.3 is 0 Å². The molecule has 1 aliphatic heterocycles. The van der Waals surface area contributed by atoms with Crippen molar-refractivity contribution in [3.8, 4) is 0 Å². The predicted molar refractivity (Wildman–Crippen MR) is 59.2 cm³/mol. The summed E-state index contributed by atoms with van der Waals surface area (Å²) in [4.78, 5) is 12.8. The van der Waals surface area contributed by atoms with E-state index < -0.39 is 0 Å². The van der Waals surface area contributed by atoms with Crippen LogP contribution in [0.4, 0.5) is 5.82 Å². The Balaban J connectivity index is 2.30. The smallest absolute Gasteiger partial charge is 0.153 e. The van der Waals surface area contributed by atoms with Crippen molar-refractivity contribution in [1.29, 1.82) is 0 Å². The second-order valence-corrected chi connectivity index (χ2v) is 4.08. The molecule has 0 aromatic carbocycles. The highest BCUT2D eigenvalue weighted by Crippen LogP contribution is 2.24. The Kier molecular flexibility index (Phi) is 2.75. The van der Waals surface area contributed by atoms with E-state index in [2.05, 4.69) is 16.9 Å². The number of rotatable bonds is 3. The zero-order valence-electron chi connectivity index (χ0n) is 9.36. The molecular formula is C11H17N3O. The number of hydrogen-bond donors (Lipinski definition) is 0. The summed E-state index contributed by atoms with van der Waals surface area (Å²) in [6, 6.07) is 0. The van der Waals surface area contributed by atoms with E-state index in [1.807, 2.05) is 6.92 Å². The van der Waals surface area contributed by atoms with E-state index in [0.29, 0.717) is 6.54 Å². The Morgan fingerprint density at radius 1 is 1.33 bits per heavy atom. The Morgan fingerprint density at radius 2 is 2.00 bits per heavy atom. The summed E-state index contributed by atoms with van der Waals surface area (Å²) < 4.78 is 1.79. The van der Waals surface area contributed by atoms with Gasteiger partial charge in [-0.2, -0.15) is 5.10 Å². The van der Waals surface area contributed by atoms with Crippen LogP contribution in [-0.2, 0) is 11.3 Å². The van der Waals surface area contributed by atoms with Gasteiger partial charge in [0.05, 0.1) is 6.54 Å². The van der Waals surface area contributed by atoms with Gasteiger partial charge in [0, 0.05) is 24.3 Å². The molecule has 1 aromatic rings. The van der Waals surface area contributed by atoms with Gasteiger partial charge in [-0.15, -0.1) is 0 Å². The van der Waals surface area contributed by atoms with E-state index >= 15 is 0 Å². The van der Waals surface area contributed by atoms with Crippen LogP contribution < -0.4 is 4.90 Å². The fourth-order valence-electron chi connectivity index (χ4n) is 2.10. The van der Waals surface area contributed by atoms with Gasteiger partial charge in [0.25, 0.3) is 0 Å². The fourth-order valence-corrected chi connectivity index (χ4v) is 2.10. The summed E-state index contributed by atoms with van der Waals surface area (Å²) in [6.45, 7) is 6.65. The molecule has 0 aliphatic carbocycles. The summed E-state index contributed by atoms with van der Waals surface area (Å²) in [5.74, 6) is 1.06. The van der Waals surface area contributed by atoms with Crippen LogP contribution in [-0.4, -0.2) is 29.2 Å². The maximum Gasteiger partial charge on any atom is 0.153 e. The van der Waals surface area contributed by atoms with Crippen molar-refractivity contribution in [1.82, 2.24) is 9.78 Å². The maximum absolute atomic E-state index is 10.5. The van der Waals surface area contributed by atoms with Gasteiger partial charge in [-0.05, 0) is 26.7 Å². The first-order valence-electron chi connectivity index (χ1n) is 5.46. The van der Waals surface area contributed by atoms with Crippen molar-refractivity contribution < 1.29 is 4.79 Å². The molecule has 15 heavy (non-hydrogen) atoms. The van der Waals surface area contributed by atoms with E-state index in [9.17, 15) is 4.79 Å². The molecule has 0 atom stereocenters. The van der Waals surface area contributed by atoms with Crippen LogP contribution in [0.3, 0.4) is 0 Å². The summed E-state index contributed by atoms with van der Waals surface area (Å²) in [7, 11) is 0. The molecule has 0 radical (unpaired) electrons. The molecule has 0 unspecified atom stereocenters. The topological polar surface area (TPSA) is 38.1 Å².